The molecule has 7 nitrogen and oxygen atoms in total. The van der Waals surface area contributed by atoms with Crippen molar-refractivity contribution in [2.45, 2.75) is 13.3 Å². The highest BCUT2D eigenvalue weighted by atomic mass is 35.5. The van der Waals surface area contributed by atoms with Crippen molar-refractivity contribution in [1.82, 2.24) is 10.2 Å². The van der Waals surface area contributed by atoms with E-state index >= 15 is 0 Å². The van der Waals surface area contributed by atoms with Crippen LogP contribution in [-0.2, 0) is 9.59 Å². The Hall–Kier alpha value is -3.62. The van der Waals surface area contributed by atoms with E-state index in [0.29, 0.717) is 49.1 Å². The van der Waals surface area contributed by atoms with Crippen LogP contribution in [0.4, 0.5) is 11.4 Å². The zero-order valence-electron chi connectivity index (χ0n) is 19.9. The van der Waals surface area contributed by atoms with Crippen molar-refractivity contribution in [2.75, 3.05) is 36.4 Å². The van der Waals surface area contributed by atoms with Gasteiger partial charge in [0.2, 0.25) is 11.8 Å². The highest BCUT2D eigenvalue weighted by Crippen LogP contribution is 2.30. The molecule has 0 saturated carbocycles. The Morgan fingerprint density at radius 2 is 1.81 bits per heavy atom. The van der Waals surface area contributed by atoms with Gasteiger partial charge in [0.25, 0.3) is 0 Å². The second-order valence-corrected chi connectivity index (χ2v) is 9.07. The van der Waals surface area contributed by atoms with E-state index < -0.39 is 0 Å². The van der Waals surface area contributed by atoms with E-state index in [9.17, 15) is 9.59 Å². The van der Waals surface area contributed by atoms with Crippen molar-refractivity contribution in [3.63, 3.8) is 0 Å². The highest BCUT2D eigenvalue weighted by molar-refractivity contribution is 7.80. The summed E-state index contributed by atoms with van der Waals surface area (Å²) in [5, 5.41) is 6.43. The lowest BCUT2D eigenvalue weighted by Gasteiger charge is -2.37. The van der Waals surface area contributed by atoms with Gasteiger partial charge in [-0.05, 0) is 48.6 Å². The molecule has 2 aromatic carbocycles. The molecule has 1 saturated heterocycles. The van der Waals surface area contributed by atoms with Gasteiger partial charge in [-0.15, -0.1) is 0 Å². The lowest BCUT2D eigenvalue weighted by molar-refractivity contribution is -0.131. The van der Waals surface area contributed by atoms with Gasteiger partial charge < -0.3 is 19.5 Å². The van der Waals surface area contributed by atoms with Crippen LogP contribution in [0.1, 0.15) is 19.1 Å². The fourth-order valence-corrected chi connectivity index (χ4v) is 4.35. The minimum Gasteiger partial charge on any atom is -0.457 e. The van der Waals surface area contributed by atoms with Crippen molar-refractivity contribution in [2.24, 2.45) is 0 Å². The number of nitrogens with zero attached hydrogens (tertiary/aromatic N) is 2. The van der Waals surface area contributed by atoms with E-state index in [2.05, 4.69) is 15.5 Å². The summed E-state index contributed by atoms with van der Waals surface area (Å²) in [7, 11) is 0. The smallest absolute Gasteiger partial charge is 0.250 e. The number of benzene rings is 2. The van der Waals surface area contributed by atoms with Gasteiger partial charge in [0.05, 0.1) is 11.4 Å². The molecule has 9 heteroatoms. The highest BCUT2D eigenvalue weighted by Gasteiger charge is 2.22. The number of hydrogen-bond acceptors (Lipinski definition) is 5. The fraction of sp³-hybridized carbons (Fsp3) is 0.222. The predicted molar refractivity (Wildman–Crippen MR) is 148 cm³/mol. The molecule has 1 fully saturated rings. The lowest BCUT2D eigenvalue weighted by Crippen LogP contribution is -2.48. The first-order valence-corrected chi connectivity index (χ1v) is 12.5. The number of carbonyl (C=O) groups is 2. The van der Waals surface area contributed by atoms with Crippen molar-refractivity contribution in [3.05, 3.63) is 77.5 Å². The third kappa shape index (κ3) is 6.53. The predicted octanol–water partition coefficient (Wildman–Crippen LogP) is 5.19. The number of halogens is 1. The van der Waals surface area contributed by atoms with Crippen molar-refractivity contribution in [1.29, 1.82) is 0 Å². The van der Waals surface area contributed by atoms with Gasteiger partial charge in [-0.2, -0.15) is 0 Å². The van der Waals surface area contributed by atoms with E-state index in [1.807, 2.05) is 60.4 Å². The number of thiocarbonyl (C=S) groups is 1. The van der Waals surface area contributed by atoms with E-state index in [0.717, 1.165) is 17.0 Å². The second kappa shape index (κ2) is 11.9. The zero-order valence-corrected chi connectivity index (χ0v) is 21.4. The van der Waals surface area contributed by atoms with Gasteiger partial charge in [-0.3, -0.25) is 14.9 Å². The van der Waals surface area contributed by atoms with Crippen LogP contribution in [-0.4, -0.2) is 48.0 Å². The van der Waals surface area contributed by atoms with Crippen LogP contribution >= 0.6 is 23.8 Å². The molecule has 186 valence electrons. The maximum atomic E-state index is 12.4. The second-order valence-electron chi connectivity index (χ2n) is 8.23. The van der Waals surface area contributed by atoms with Crippen LogP contribution in [0, 0.1) is 0 Å². The maximum absolute atomic E-state index is 12.4. The molecule has 2 N–H and O–H groups in total. The number of hydrogen-bond donors (Lipinski definition) is 2. The van der Waals surface area contributed by atoms with Crippen LogP contribution in [0.2, 0.25) is 5.02 Å². The van der Waals surface area contributed by atoms with Crippen molar-refractivity contribution in [3.8, 4) is 11.3 Å². The summed E-state index contributed by atoms with van der Waals surface area (Å²) in [5.74, 6) is 1.05. The summed E-state index contributed by atoms with van der Waals surface area (Å²) in [6.45, 7) is 4.56. The molecule has 1 aliphatic heterocycles. The van der Waals surface area contributed by atoms with Gasteiger partial charge in [0.15, 0.2) is 5.11 Å². The molecule has 1 aliphatic rings. The Bertz CT molecular complexity index is 1270. The minimum absolute atomic E-state index is 0.150. The number of furan rings is 1. The third-order valence-corrected chi connectivity index (χ3v) is 6.24. The Labute approximate surface area is 220 Å². The number of rotatable bonds is 6. The maximum Gasteiger partial charge on any atom is 0.250 e. The Morgan fingerprint density at radius 1 is 1.06 bits per heavy atom. The van der Waals surface area contributed by atoms with Gasteiger partial charge in [-0.1, -0.05) is 48.9 Å². The fourth-order valence-electron chi connectivity index (χ4n) is 3.97. The van der Waals surface area contributed by atoms with Crippen LogP contribution < -0.4 is 15.5 Å². The Morgan fingerprint density at radius 3 is 2.53 bits per heavy atom. The molecule has 36 heavy (non-hydrogen) atoms. The standard InChI is InChI=1S/C27H27ClN4O3S/c1-2-26(34)32-16-14-31(15-17-32)23-11-8-20(28)18-22(23)29-27(36)30-25(33)13-10-21-9-12-24(35-21)19-6-4-3-5-7-19/h3-13,18H,2,14-17H2,1H3,(H2,29,30,33,36)/b13-10+. The van der Waals surface area contributed by atoms with Crippen LogP contribution in [0.5, 0.6) is 0 Å². The Balaban J connectivity index is 1.35. The van der Waals surface area contributed by atoms with Gasteiger partial charge >= 0.3 is 0 Å². The SMILES string of the molecule is CCC(=O)N1CCN(c2ccc(Cl)cc2NC(=S)NC(=O)/C=C/c2ccc(-c3ccccc3)o2)CC1. The molecule has 0 bridgehead atoms. The number of carbonyl (C=O) groups excluding carboxylic acids is 2. The number of amides is 2. The topological polar surface area (TPSA) is 77.8 Å². The molecule has 1 aromatic heterocycles. The van der Waals surface area contributed by atoms with E-state index in [1.165, 1.54) is 6.08 Å². The molecular weight excluding hydrogens is 496 g/mol. The normalized spacial score (nSPS) is 13.6. The Kier molecular flexibility index (Phi) is 8.40. The molecule has 0 radical (unpaired) electrons. The summed E-state index contributed by atoms with van der Waals surface area (Å²) < 4.78 is 5.79. The van der Waals surface area contributed by atoms with Crippen LogP contribution in [0.3, 0.4) is 0 Å². The van der Waals surface area contributed by atoms with E-state index in [4.69, 9.17) is 28.2 Å². The zero-order chi connectivity index (χ0) is 25.5. The first-order valence-electron chi connectivity index (χ1n) is 11.7. The summed E-state index contributed by atoms with van der Waals surface area (Å²) in [5.41, 5.74) is 2.55. The van der Waals surface area contributed by atoms with Gasteiger partial charge in [0, 0.05) is 49.3 Å². The molecule has 2 heterocycles. The number of piperazine rings is 1. The van der Waals surface area contributed by atoms with Crippen LogP contribution in [0.15, 0.2) is 71.2 Å². The lowest BCUT2D eigenvalue weighted by atomic mass is 10.2. The molecule has 4 rings (SSSR count). The molecule has 0 atom stereocenters. The molecule has 0 aliphatic carbocycles. The van der Waals surface area contributed by atoms with Crippen molar-refractivity contribution >= 4 is 58.2 Å². The first-order chi connectivity index (χ1) is 17.4. The van der Waals surface area contributed by atoms with E-state index in [1.54, 1.807) is 18.2 Å². The monoisotopic (exact) mass is 522 g/mol. The molecular formula is C27H27ClN4O3S. The molecule has 0 unspecified atom stereocenters. The van der Waals surface area contributed by atoms with Gasteiger partial charge in [-0.25, -0.2) is 0 Å². The summed E-state index contributed by atoms with van der Waals surface area (Å²) >= 11 is 11.6. The summed E-state index contributed by atoms with van der Waals surface area (Å²) in [6.07, 6.45) is 3.46. The quantitative estimate of drug-likeness (QED) is 0.343. The molecule has 0 spiro atoms. The average Bonchev–Trinajstić information content (AvgIpc) is 3.37. The largest absolute Gasteiger partial charge is 0.457 e. The minimum atomic E-state index is -0.388. The van der Waals surface area contributed by atoms with Crippen molar-refractivity contribution < 1.29 is 14.0 Å². The van der Waals surface area contributed by atoms with Gasteiger partial charge in [0.1, 0.15) is 11.5 Å². The third-order valence-electron chi connectivity index (χ3n) is 5.80. The summed E-state index contributed by atoms with van der Waals surface area (Å²) in [4.78, 5) is 28.5. The first kappa shape index (κ1) is 25.5. The average molecular weight is 523 g/mol. The van der Waals surface area contributed by atoms with E-state index in [-0.39, 0.29) is 16.9 Å². The number of nitrogens with one attached hydrogen (secondary N) is 2. The summed E-state index contributed by atoms with van der Waals surface area (Å²) in [6, 6.07) is 18.9. The molecule has 2 amide bonds. The molecule has 3 aromatic rings. The number of anilines is 2. The van der Waals surface area contributed by atoms with Crippen LogP contribution in [0.25, 0.3) is 17.4 Å².